The molecule has 0 aliphatic carbocycles. The van der Waals surface area contributed by atoms with Crippen molar-refractivity contribution in [1.82, 2.24) is 10.2 Å². The van der Waals surface area contributed by atoms with E-state index in [0.29, 0.717) is 19.7 Å². The molecule has 142 valence electrons. The Bertz CT molecular complexity index is 707. The fourth-order valence-corrected chi connectivity index (χ4v) is 3.37. The van der Waals surface area contributed by atoms with Gasteiger partial charge in [0.15, 0.2) is 5.96 Å². The van der Waals surface area contributed by atoms with Crippen LogP contribution in [0.2, 0.25) is 0 Å². The van der Waals surface area contributed by atoms with Gasteiger partial charge >= 0.3 is 0 Å². The summed E-state index contributed by atoms with van der Waals surface area (Å²) in [5.41, 5.74) is 3.65. The summed E-state index contributed by atoms with van der Waals surface area (Å²) in [6.45, 7) is 6.59. The molecule has 0 amide bonds. The minimum absolute atomic E-state index is 0. The Morgan fingerprint density at radius 3 is 2.72 bits per heavy atom. The second-order valence-corrected chi connectivity index (χ2v) is 8.53. The largest absolute Gasteiger partial charge is 0.370 e. The Morgan fingerprint density at radius 1 is 1.40 bits per heavy atom. The third-order valence-electron chi connectivity index (χ3n) is 4.11. The molecule has 1 aliphatic heterocycles. The molecular weight excluding hydrogens is 453 g/mol. The fraction of sp³-hybridized carbons (Fsp3) is 0.588. The molecule has 0 bridgehead atoms. The summed E-state index contributed by atoms with van der Waals surface area (Å²) in [5, 5.41) is 3.13. The predicted octanol–water partition coefficient (Wildman–Crippen LogP) is 1.91. The Hall–Kier alpha value is -0.870. The average Bonchev–Trinajstić information content (AvgIpc) is 2.50. The lowest BCUT2D eigenvalue weighted by Crippen LogP contribution is -2.49. The highest BCUT2D eigenvalue weighted by molar-refractivity contribution is 14.0. The van der Waals surface area contributed by atoms with Crippen molar-refractivity contribution in [3.8, 4) is 0 Å². The number of aryl methyl sites for hydroxylation is 2. The van der Waals surface area contributed by atoms with E-state index in [1.54, 1.807) is 7.05 Å². The minimum atomic E-state index is -2.98. The van der Waals surface area contributed by atoms with E-state index < -0.39 is 9.84 Å². The maximum Gasteiger partial charge on any atom is 0.193 e. The molecule has 1 aromatic carbocycles. The van der Waals surface area contributed by atoms with Crippen LogP contribution in [0.15, 0.2) is 23.2 Å². The molecule has 0 spiro atoms. The third-order valence-corrected chi connectivity index (χ3v) is 5.05. The number of ether oxygens (including phenoxy) is 1. The number of halogens is 1. The summed E-state index contributed by atoms with van der Waals surface area (Å²) in [5.74, 6) is 0.813. The number of benzene rings is 1. The molecule has 2 rings (SSSR count). The molecule has 1 fully saturated rings. The normalized spacial score (nSPS) is 18.6. The van der Waals surface area contributed by atoms with E-state index in [2.05, 4.69) is 47.3 Å². The number of hydrogen-bond acceptors (Lipinski definition) is 4. The summed E-state index contributed by atoms with van der Waals surface area (Å²) >= 11 is 0. The van der Waals surface area contributed by atoms with Crippen LogP contribution in [0.5, 0.6) is 0 Å². The van der Waals surface area contributed by atoms with Gasteiger partial charge in [0.1, 0.15) is 15.9 Å². The Morgan fingerprint density at radius 2 is 2.12 bits per heavy atom. The quantitative estimate of drug-likeness (QED) is 0.404. The van der Waals surface area contributed by atoms with Crippen molar-refractivity contribution in [2.24, 2.45) is 4.99 Å². The molecule has 1 unspecified atom stereocenters. The van der Waals surface area contributed by atoms with E-state index in [9.17, 15) is 8.42 Å². The Balaban J connectivity index is 0.00000312. The molecule has 8 heteroatoms. The number of morpholine rings is 1. The lowest BCUT2D eigenvalue weighted by molar-refractivity contribution is -0.00827. The second-order valence-electron chi connectivity index (χ2n) is 6.27. The first-order valence-corrected chi connectivity index (χ1v) is 10.2. The van der Waals surface area contributed by atoms with Crippen LogP contribution >= 0.6 is 24.0 Å². The van der Waals surface area contributed by atoms with E-state index in [0.717, 1.165) is 12.5 Å². The van der Waals surface area contributed by atoms with Gasteiger partial charge in [-0.3, -0.25) is 4.99 Å². The van der Waals surface area contributed by atoms with Crippen LogP contribution in [0, 0.1) is 13.8 Å². The van der Waals surface area contributed by atoms with Crippen molar-refractivity contribution in [2.45, 2.75) is 20.0 Å². The Kier molecular flexibility index (Phi) is 8.62. The van der Waals surface area contributed by atoms with Crippen LogP contribution < -0.4 is 5.32 Å². The zero-order chi connectivity index (χ0) is 17.7. The van der Waals surface area contributed by atoms with Crippen molar-refractivity contribution in [2.75, 3.05) is 45.3 Å². The molecular formula is C17H28IN3O3S. The van der Waals surface area contributed by atoms with Crippen molar-refractivity contribution in [3.05, 3.63) is 34.9 Å². The predicted molar refractivity (Wildman–Crippen MR) is 113 cm³/mol. The van der Waals surface area contributed by atoms with Gasteiger partial charge in [0.05, 0.1) is 18.9 Å². The number of nitrogens with one attached hydrogen (secondary N) is 1. The first kappa shape index (κ1) is 22.2. The number of guanidine groups is 1. The highest BCUT2D eigenvalue weighted by Crippen LogP contribution is 2.25. The average molecular weight is 481 g/mol. The second kappa shape index (κ2) is 9.72. The van der Waals surface area contributed by atoms with E-state index in [-0.39, 0.29) is 35.8 Å². The number of sulfone groups is 1. The first-order chi connectivity index (χ1) is 11.3. The van der Waals surface area contributed by atoms with Crippen molar-refractivity contribution in [1.29, 1.82) is 0 Å². The monoisotopic (exact) mass is 481 g/mol. The van der Waals surface area contributed by atoms with Gasteiger partial charge in [-0.1, -0.05) is 23.8 Å². The molecule has 1 saturated heterocycles. The number of nitrogens with zero attached hydrogens (tertiary/aromatic N) is 2. The first-order valence-electron chi connectivity index (χ1n) is 8.12. The zero-order valence-electron chi connectivity index (χ0n) is 15.3. The van der Waals surface area contributed by atoms with Gasteiger partial charge in [0.2, 0.25) is 0 Å². The summed E-state index contributed by atoms with van der Waals surface area (Å²) < 4.78 is 28.5. The van der Waals surface area contributed by atoms with Crippen LogP contribution in [0.1, 0.15) is 22.8 Å². The van der Waals surface area contributed by atoms with Crippen LogP contribution in [0.3, 0.4) is 0 Å². The molecule has 6 nitrogen and oxygen atoms in total. The van der Waals surface area contributed by atoms with Gasteiger partial charge in [-0.25, -0.2) is 8.42 Å². The smallest absolute Gasteiger partial charge is 0.193 e. The van der Waals surface area contributed by atoms with E-state index in [1.807, 2.05) is 0 Å². The lowest BCUT2D eigenvalue weighted by atomic mass is 10.00. The van der Waals surface area contributed by atoms with Crippen LogP contribution in [0.4, 0.5) is 0 Å². The summed E-state index contributed by atoms with van der Waals surface area (Å²) in [6, 6.07) is 6.39. The highest BCUT2D eigenvalue weighted by atomic mass is 127. The fourth-order valence-electron chi connectivity index (χ4n) is 2.90. The summed E-state index contributed by atoms with van der Waals surface area (Å²) in [6.07, 6.45) is 1.23. The van der Waals surface area contributed by atoms with Crippen molar-refractivity contribution >= 4 is 39.8 Å². The SMILES string of the molecule is CN=C(NCCS(C)(=O)=O)N1CCOC(c2ccc(C)cc2C)C1.I. The molecule has 1 aliphatic rings. The molecule has 1 heterocycles. The lowest BCUT2D eigenvalue weighted by Gasteiger charge is -2.35. The van der Waals surface area contributed by atoms with Gasteiger partial charge in [0.25, 0.3) is 0 Å². The molecule has 1 atom stereocenters. The number of aliphatic imine (C=N–C) groups is 1. The van der Waals surface area contributed by atoms with E-state index in [4.69, 9.17) is 4.74 Å². The summed E-state index contributed by atoms with van der Waals surface area (Å²) in [7, 11) is -1.27. The Labute approximate surface area is 168 Å². The van der Waals surface area contributed by atoms with Gasteiger partial charge in [-0.15, -0.1) is 24.0 Å². The standard InChI is InChI=1S/C17H27N3O3S.HI/c1-13-5-6-15(14(2)11-13)16-12-20(8-9-23-16)17(18-3)19-7-10-24(4,21)22;/h5-6,11,16H,7-10,12H2,1-4H3,(H,18,19);1H. The number of hydrogen-bond donors (Lipinski definition) is 1. The molecule has 1 aromatic rings. The molecule has 25 heavy (non-hydrogen) atoms. The van der Waals surface area contributed by atoms with Crippen molar-refractivity contribution < 1.29 is 13.2 Å². The van der Waals surface area contributed by atoms with Gasteiger partial charge in [-0.05, 0) is 25.0 Å². The third kappa shape index (κ3) is 6.74. The summed E-state index contributed by atoms with van der Waals surface area (Å²) in [4.78, 5) is 6.40. The molecule has 0 radical (unpaired) electrons. The molecule has 1 N–H and O–H groups in total. The van der Waals surface area contributed by atoms with Crippen LogP contribution in [-0.2, 0) is 14.6 Å². The minimum Gasteiger partial charge on any atom is -0.370 e. The van der Waals surface area contributed by atoms with Gasteiger partial charge in [-0.2, -0.15) is 0 Å². The van der Waals surface area contributed by atoms with E-state index in [1.165, 1.54) is 22.9 Å². The van der Waals surface area contributed by atoms with Gasteiger partial charge in [0, 0.05) is 26.4 Å². The van der Waals surface area contributed by atoms with Gasteiger partial charge < -0.3 is 15.0 Å². The molecule has 0 saturated carbocycles. The topological polar surface area (TPSA) is 71.0 Å². The zero-order valence-corrected chi connectivity index (χ0v) is 18.4. The number of rotatable bonds is 4. The maximum absolute atomic E-state index is 11.3. The van der Waals surface area contributed by atoms with Crippen molar-refractivity contribution in [3.63, 3.8) is 0 Å². The molecule has 0 aromatic heterocycles. The van der Waals surface area contributed by atoms with E-state index >= 15 is 0 Å². The maximum atomic E-state index is 11.3. The highest BCUT2D eigenvalue weighted by Gasteiger charge is 2.25. The van der Waals surface area contributed by atoms with Crippen LogP contribution in [0.25, 0.3) is 0 Å². The van der Waals surface area contributed by atoms with Crippen LogP contribution in [-0.4, -0.2) is 64.6 Å².